The SMILES string of the molecule is CCCCNC(=O)C1N([C@@H](CO)C(C)C)C(=O)[C@@H]2[C@@H](C(=O)Nc3ccccc3)[C@]3(C)OC12CC3C. The number of aliphatic hydroxyl groups excluding tert-OH is 1. The minimum atomic E-state index is -1.11. The molecule has 3 saturated heterocycles. The number of hydrogen-bond acceptors (Lipinski definition) is 5. The summed E-state index contributed by atoms with van der Waals surface area (Å²) in [5.41, 5.74) is -1.33. The summed E-state index contributed by atoms with van der Waals surface area (Å²) in [5.74, 6) is -2.47. The number of hydrogen-bond donors (Lipinski definition) is 3. The van der Waals surface area contributed by atoms with Crippen LogP contribution in [0.3, 0.4) is 0 Å². The number of amides is 3. The molecule has 3 aliphatic rings. The third kappa shape index (κ3) is 3.95. The smallest absolute Gasteiger partial charge is 0.245 e. The minimum absolute atomic E-state index is 0.0319. The molecular formula is C27H39N3O5. The zero-order chi connectivity index (χ0) is 25.5. The largest absolute Gasteiger partial charge is 0.394 e. The van der Waals surface area contributed by atoms with Crippen molar-refractivity contribution in [3.63, 3.8) is 0 Å². The number of nitrogens with zero attached hydrogens (tertiary/aromatic N) is 1. The van der Waals surface area contributed by atoms with Gasteiger partial charge in [0.05, 0.1) is 30.1 Å². The van der Waals surface area contributed by atoms with Gasteiger partial charge in [0.1, 0.15) is 11.6 Å². The summed E-state index contributed by atoms with van der Waals surface area (Å²) < 4.78 is 6.70. The van der Waals surface area contributed by atoms with Crippen molar-refractivity contribution in [1.29, 1.82) is 0 Å². The summed E-state index contributed by atoms with van der Waals surface area (Å²) in [6.07, 6.45) is 2.26. The van der Waals surface area contributed by atoms with E-state index in [9.17, 15) is 19.5 Å². The number of nitrogens with one attached hydrogen (secondary N) is 2. The lowest BCUT2D eigenvalue weighted by molar-refractivity contribution is -0.151. The number of ether oxygens (including phenoxy) is 1. The van der Waals surface area contributed by atoms with Crippen LogP contribution in [0.4, 0.5) is 5.69 Å². The minimum Gasteiger partial charge on any atom is -0.394 e. The van der Waals surface area contributed by atoms with Crippen molar-refractivity contribution in [3.05, 3.63) is 30.3 Å². The second kappa shape index (κ2) is 9.54. The van der Waals surface area contributed by atoms with Gasteiger partial charge in [0, 0.05) is 12.2 Å². The quantitative estimate of drug-likeness (QED) is 0.466. The first kappa shape index (κ1) is 25.6. The van der Waals surface area contributed by atoms with Crippen LogP contribution in [-0.4, -0.2) is 64.2 Å². The van der Waals surface area contributed by atoms with E-state index in [1.807, 2.05) is 52.8 Å². The van der Waals surface area contributed by atoms with Gasteiger partial charge in [0.2, 0.25) is 17.7 Å². The molecule has 4 rings (SSSR count). The highest BCUT2D eigenvalue weighted by atomic mass is 16.5. The summed E-state index contributed by atoms with van der Waals surface area (Å²) in [7, 11) is 0. The molecule has 0 aromatic heterocycles. The molecule has 192 valence electrons. The number of unbranched alkanes of at least 4 members (excludes halogenated alkanes) is 1. The Morgan fingerprint density at radius 3 is 2.51 bits per heavy atom. The molecule has 1 aromatic carbocycles. The van der Waals surface area contributed by atoms with Crippen molar-refractivity contribution >= 4 is 23.4 Å². The van der Waals surface area contributed by atoms with Crippen LogP contribution in [0.2, 0.25) is 0 Å². The number of carbonyl (C=O) groups excluding carboxylic acids is 3. The number of benzene rings is 1. The van der Waals surface area contributed by atoms with Gasteiger partial charge in [-0.25, -0.2) is 0 Å². The summed E-state index contributed by atoms with van der Waals surface area (Å²) in [6, 6.07) is 7.72. The van der Waals surface area contributed by atoms with Gasteiger partial charge >= 0.3 is 0 Å². The fourth-order valence-corrected chi connectivity index (χ4v) is 6.58. The van der Waals surface area contributed by atoms with Gasteiger partial charge in [-0.15, -0.1) is 0 Å². The normalized spacial score (nSPS) is 34.3. The fraction of sp³-hybridized carbons (Fsp3) is 0.667. The zero-order valence-corrected chi connectivity index (χ0v) is 21.4. The molecule has 3 fully saturated rings. The summed E-state index contributed by atoms with van der Waals surface area (Å²) in [5, 5.41) is 16.2. The molecule has 3 amide bonds. The number of rotatable bonds is 9. The number of carbonyl (C=O) groups is 3. The van der Waals surface area contributed by atoms with Gasteiger partial charge in [0.15, 0.2) is 0 Å². The Hall–Kier alpha value is -2.45. The Morgan fingerprint density at radius 1 is 1.23 bits per heavy atom. The fourth-order valence-electron chi connectivity index (χ4n) is 6.58. The Labute approximate surface area is 207 Å². The number of anilines is 1. The van der Waals surface area contributed by atoms with Crippen LogP contribution in [-0.2, 0) is 19.1 Å². The first-order valence-electron chi connectivity index (χ1n) is 12.9. The molecule has 8 heteroatoms. The van der Waals surface area contributed by atoms with Crippen LogP contribution >= 0.6 is 0 Å². The molecule has 0 saturated carbocycles. The average Bonchev–Trinajstić information content (AvgIpc) is 3.32. The van der Waals surface area contributed by atoms with E-state index in [1.165, 1.54) is 4.90 Å². The second-order valence-corrected chi connectivity index (χ2v) is 10.9. The van der Waals surface area contributed by atoms with Gasteiger partial charge in [-0.2, -0.15) is 0 Å². The Balaban J connectivity index is 1.76. The maximum atomic E-state index is 14.1. The number of likely N-dealkylation sites (tertiary alicyclic amines) is 1. The van der Waals surface area contributed by atoms with Crippen LogP contribution in [0.5, 0.6) is 0 Å². The van der Waals surface area contributed by atoms with Crippen molar-refractivity contribution in [2.24, 2.45) is 23.7 Å². The van der Waals surface area contributed by atoms with Crippen LogP contribution < -0.4 is 10.6 Å². The van der Waals surface area contributed by atoms with E-state index in [0.717, 1.165) is 12.8 Å². The monoisotopic (exact) mass is 485 g/mol. The summed E-state index contributed by atoms with van der Waals surface area (Å²) in [6.45, 7) is 10.1. The lowest BCUT2D eigenvalue weighted by Gasteiger charge is -2.38. The zero-order valence-electron chi connectivity index (χ0n) is 21.4. The van der Waals surface area contributed by atoms with Crippen molar-refractivity contribution < 1.29 is 24.2 Å². The molecule has 3 heterocycles. The van der Waals surface area contributed by atoms with E-state index in [2.05, 4.69) is 10.6 Å². The maximum absolute atomic E-state index is 14.1. The van der Waals surface area contributed by atoms with Gasteiger partial charge in [-0.05, 0) is 43.7 Å². The summed E-state index contributed by atoms with van der Waals surface area (Å²) >= 11 is 0. The molecular weight excluding hydrogens is 446 g/mol. The molecule has 0 radical (unpaired) electrons. The van der Waals surface area contributed by atoms with Crippen molar-refractivity contribution in [2.75, 3.05) is 18.5 Å². The molecule has 0 aliphatic carbocycles. The standard InChI is InChI=1S/C27H39N3O5/c1-6-7-13-28-24(33)22-27-14-17(4)26(5,35-27)20(23(32)29-18-11-9-8-10-12-18)21(27)25(34)30(22)19(15-31)16(2)3/h8-12,16-17,19-22,31H,6-7,13-15H2,1-5H3,(H,28,33)(H,29,32)/t17?,19-,20-,21-,22?,26+,27?/m0/s1. The molecule has 7 atom stereocenters. The molecule has 8 nitrogen and oxygen atoms in total. The molecule has 3 aliphatic heterocycles. The highest BCUT2D eigenvalue weighted by Crippen LogP contribution is 2.65. The average molecular weight is 486 g/mol. The molecule has 3 unspecified atom stereocenters. The van der Waals surface area contributed by atoms with E-state index in [-0.39, 0.29) is 36.2 Å². The van der Waals surface area contributed by atoms with E-state index < -0.39 is 35.1 Å². The highest BCUT2D eigenvalue weighted by Gasteiger charge is 2.80. The molecule has 35 heavy (non-hydrogen) atoms. The van der Waals surface area contributed by atoms with Gasteiger partial charge < -0.3 is 25.4 Å². The second-order valence-electron chi connectivity index (χ2n) is 10.9. The predicted molar refractivity (Wildman–Crippen MR) is 132 cm³/mol. The van der Waals surface area contributed by atoms with Crippen LogP contribution in [0.1, 0.15) is 53.9 Å². The lowest BCUT2D eigenvalue weighted by atomic mass is 9.62. The maximum Gasteiger partial charge on any atom is 0.245 e. The number of aliphatic hydroxyl groups is 1. The molecule has 1 spiro atoms. The van der Waals surface area contributed by atoms with Crippen molar-refractivity contribution in [2.45, 2.75) is 77.2 Å². The highest BCUT2D eigenvalue weighted by molar-refractivity contribution is 6.02. The molecule has 3 N–H and O–H groups in total. The van der Waals surface area contributed by atoms with Crippen LogP contribution in [0.25, 0.3) is 0 Å². The first-order chi connectivity index (χ1) is 16.6. The third-order valence-corrected chi connectivity index (χ3v) is 8.47. The number of fused-ring (bicyclic) bond motifs is 1. The Kier molecular flexibility index (Phi) is 6.99. The van der Waals surface area contributed by atoms with Crippen molar-refractivity contribution in [3.8, 4) is 0 Å². The van der Waals surface area contributed by atoms with Gasteiger partial charge in [-0.3, -0.25) is 14.4 Å². The van der Waals surface area contributed by atoms with Crippen LogP contribution in [0.15, 0.2) is 30.3 Å². The predicted octanol–water partition coefficient (Wildman–Crippen LogP) is 2.57. The van der Waals surface area contributed by atoms with Crippen LogP contribution in [0, 0.1) is 23.7 Å². The Morgan fingerprint density at radius 2 is 1.91 bits per heavy atom. The van der Waals surface area contributed by atoms with Gasteiger partial charge in [0.25, 0.3) is 0 Å². The first-order valence-corrected chi connectivity index (χ1v) is 12.9. The third-order valence-electron chi connectivity index (χ3n) is 8.47. The van der Waals surface area contributed by atoms with E-state index in [4.69, 9.17) is 4.74 Å². The Bertz CT molecular complexity index is 969. The molecule has 2 bridgehead atoms. The topological polar surface area (TPSA) is 108 Å². The van der Waals surface area contributed by atoms with E-state index in [0.29, 0.717) is 18.7 Å². The van der Waals surface area contributed by atoms with E-state index in [1.54, 1.807) is 12.1 Å². The lowest BCUT2D eigenvalue weighted by Crippen LogP contribution is -2.59. The van der Waals surface area contributed by atoms with Crippen molar-refractivity contribution in [1.82, 2.24) is 10.2 Å². The van der Waals surface area contributed by atoms with Gasteiger partial charge in [-0.1, -0.05) is 52.3 Å². The number of para-hydroxylation sites is 1. The summed E-state index contributed by atoms with van der Waals surface area (Å²) in [4.78, 5) is 43.0. The molecule has 1 aromatic rings. The van der Waals surface area contributed by atoms with E-state index >= 15 is 0 Å².